The number of halogens is 1. The van der Waals surface area contributed by atoms with Crippen LogP contribution in [-0.4, -0.2) is 40.0 Å². The number of nitrogens with one attached hydrogen (secondary N) is 1. The first-order valence-corrected chi connectivity index (χ1v) is 6.68. The summed E-state index contributed by atoms with van der Waals surface area (Å²) in [5, 5.41) is 3.21. The largest absolute Gasteiger partial charge is 0.383 e. The van der Waals surface area contributed by atoms with Crippen LogP contribution in [0.15, 0.2) is 12.1 Å². The van der Waals surface area contributed by atoms with Crippen LogP contribution in [0.25, 0.3) is 0 Å². The lowest BCUT2D eigenvalue weighted by Gasteiger charge is -2.08. The van der Waals surface area contributed by atoms with E-state index < -0.39 is 0 Å². The Balaban J connectivity index is 2.16. The summed E-state index contributed by atoms with van der Waals surface area (Å²) < 4.78 is 23.9. The van der Waals surface area contributed by atoms with Crippen molar-refractivity contribution in [3.05, 3.63) is 34.6 Å². The summed E-state index contributed by atoms with van der Waals surface area (Å²) in [5.41, 5.74) is 2.54. The number of aryl methyl sites for hydroxylation is 2. The van der Waals surface area contributed by atoms with Gasteiger partial charge in [-0.3, -0.25) is 0 Å². The van der Waals surface area contributed by atoms with Gasteiger partial charge in [0.15, 0.2) is 0 Å². The first kappa shape index (κ1) is 16.1. The molecule has 3 nitrogen and oxygen atoms in total. The molecule has 1 N–H and O–H groups in total. The normalized spacial score (nSPS) is 10.9. The molecule has 0 radical (unpaired) electrons. The van der Waals surface area contributed by atoms with Gasteiger partial charge in [-0.25, -0.2) is 4.39 Å². The molecule has 0 spiro atoms. The Labute approximate surface area is 115 Å². The van der Waals surface area contributed by atoms with Crippen molar-refractivity contribution in [2.75, 3.05) is 40.0 Å². The third-order valence-corrected chi connectivity index (χ3v) is 2.94. The van der Waals surface area contributed by atoms with E-state index in [2.05, 4.69) is 5.32 Å². The van der Waals surface area contributed by atoms with Crippen LogP contribution in [0.4, 0.5) is 4.39 Å². The van der Waals surface area contributed by atoms with Gasteiger partial charge in [0.1, 0.15) is 5.82 Å². The molecule has 0 fully saturated rings. The molecule has 0 aliphatic carbocycles. The Morgan fingerprint density at radius 2 is 1.68 bits per heavy atom. The molecule has 0 amide bonds. The highest BCUT2D eigenvalue weighted by Crippen LogP contribution is 2.15. The molecule has 0 aromatic heterocycles. The number of rotatable bonds is 9. The quantitative estimate of drug-likeness (QED) is 0.697. The van der Waals surface area contributed by atoms with Gasteiger partial charge in [-0.2, -0.15) is 0 Å². The smallest absolute Gasteiger partial charge is 0.129 e. The first-order valence-electron chi connectivity index (χ1n) is 6.68. The third kappa shape index (κ3) is 6.14. The van der Waals surface area contributed by atoms with Crippen LogP contribution in [-0.2, 0) is 15.9 Å². The second-order valence-electron chi connectivity index (χ2n) is 4.65. The number of methoxy groups -OCH3 is 1. The van der Waals surface area contributed by atoms with E-state index in [1.165, 1.54) is 0 Å². The van der Waals surface area contributed by atoms with Crippen LogP contribution in [0.2, 0.25) is 0 Å². The summed E-state index contributed by atoms with van der Waals surface area (Å²) in [7, 11) is 1.69. The van der Waals surface area contributed by atoms with Gasteiger partial charge in [0, 0.05) is 20.2 Å². The maximum absolute atomic E-state index is 13.5. The highest BCUT2D eigenvalue weighted by atomic mass is 19.1. The predicted octanol–water partition coefficient (Wildman–Crippen LogP) is 2.24. The minimum absolute atomic E-state index is 0.105. The van der Waals surface area contributed by atoms with Gasteiger partial charge >= 0.3 is 0 Å². The Morgan fingerprint density at radius 3 is 2.32 bits per heavy atom. The lowest BCUT2D eigenvalue weighted by atomic mass is 10.0. The lowest BCUT2D eigenvalue weighted by molar-refractivity contribution is 0.135. The molecular weight excluding hydrogens is 245 g/mol. The fraction of sp³-hybridized carbons (Fsp3) is 0.600. The van der Waals surface area contributed by atoms with E-state index in [9.17, 15) is 4.39 Å². The van der Waals surface area contributed by atoms with Crippen molar-refractivity contribution >= 4 is 0 Å². The molecule has 0 atom stereocenters. The molecule has 0 aliphatic heterocycles. The van der Waals surface area contributed by atoms with Crippen molar-refractivity contribution in [1.82, 2.24) is 5.32 Å². The number of hydrogen-bond acceptors (Lipinski definition) is 3. The van der Waals surface area contributed by atoms with E-state index in [1.807, 2.05) is 12.1 Å². The van der Waals surface area contributed by atoms with Crippen LogP contribution >= 0.6 is 0 Å². The molecule has 0 saturated heterocycles. The van der Waals surface area contributed by atoms with E-state index >= 15 is 0 Å². The van der Waals surface area contributed by atoms with Crippen molar-refractivity contribution in [3.8, 4) is 0 Å². The molecule has 0 unspecified atom stereocenters. The second kappa shape index (κ2) is 9.02. The molecule has 19 heavy (non-hydrogen) atoms. The standard InChI is InChI=1S/C15H24FNO2/c1-12-10-14(11-13(2)15(12)16)4-7-19-9-6-17-5-8-18-3/h10-11,17H,4-9H2,1-3H3. The Kier molecular flexibility index (Phi) is 7.63. The average Bonchev–Trinajstić information content (AvgIpc) is 2.39. The number of benzene rings is 1. The van der Waals surface area contributed by atoms with Crippen molar-refractivity contribution in [1.29, 1.82) is 0 Å². The Bertz CT molecular complexity index is 359. The molecule has 108 valence electrons. The number of hydrogen-bond donors (Lipinski definition) is 1. The van der Waals surface area contributed by atoms with E-state index in [0.29, 0.717) is 30.9 Å². The van der Waals surface area contributed by atoms with E-state index in [-0.39, 0.29) is 5.82 Å². The maximum atomic E-state index is 13.5. The topological polar surface area (TPSA) is 30.5 Å². The minimum atomic E-state index is -0.105. The molecule has 0 aliphatic rings. The zero-order valence-corrected chi connectivity index (χ0v) is 12.1. The molecule has 0 heterocycles. The van der Waals surface area contributed by atoms with Crippen molar-refractivity contribution in [3.63, 3.8) is 0 Å². The summed E-state index contributed by atoms with van der Waals surface area (Å²) in [6, 6.07) is 3.78. The van der Waals surface area contributed by atoms with Gasteiger partial charge in [0.25, 0.3) is 0 Å². The predicted molar refractivity (Wildman–Crippen MR) is 75.1 cm³/mol. The first-order chi connectivity index (χ1) is 9.15. The molecule has 4 heteroatoms. The molecule has 1 aromatic carbocycles. The Morgan fingerprint density at radius 1 is 1.05 bits per heavy atom. The minimum Gasteiger partial charge on any atom is -0.383 e. The maximum Gasteiger partial charge on any atom is 0.129 e. The summed E-state index contributed by atoms with van der Waals surface area (Å²) in [4.78, 5) is 0. The van der Waals surface area contributed by atoms with Crippen molar-refractivity contribution < 1.29 is 13.9 Å². The van der Waals surface area contributed by atoms with Gasteiger partial charge in [-0.05, 0) is 37.0 Å². The van der Waals surface area contributed by atoms with E-state index in [1.54, 1.807) is 21.0 Å². The summed E-state index contributed by atoms with van der Waals surface area (Å²) in [6.45, 7) is 7.33. The molecule has 1 aromatic rings. The number of ether oxygens (including phenoxy) is 2. The van der Waals surface area contributed by atoms with Gasteiger partial charge in [0.05, 0.1) is 19.8 Å². The monoisotopic (exact) mass is 269 g/mol. The van der Waals surface area contributed by atoms with Gasteiger partial charge in [0.2, 0.25) is 0 Å². The second-order valence-corrected chi connectivity index (χ2v) is 4.65. The molecule has 1 rings (SSSR count). The van der Waals surface area contributed by atoms with Gasteiger partial charge < -0.3 is 14.8 Å². The zero-order chi connectivity index (χ0) is 14.1. The van der Waals surface area contributed by atoms with E-state index in [0.717, 1.165) is 25.1 Å². The highest BCUT2D eigenvalue weighted by molar-refractivity contribution is 5.30. The fourth-order valence-electron chi connectivity index (χ4n) is 1.92. The molecule has 0 saturated carbocycles. The van der Waals surface area contributed by atoms with Crippen LogP contribution in [0.3, 0.4) is 0 Å². The van der Waals surface area contributed by atoms with Gasteiger partial charge in [-0.1, -0.05) is 12.1 Å². The highest BCUT2D eigenvalue weighted by Gasteiger charge is 2.04. The van der Waals surface area contributed by atoms with Crippen LogP contribution in [0.5, 0.6) is 0 Å². The molecule has 0 bridgehead atoms. The summed E-state index contributed by atoms with van der Waals surface area (Å²) in [5.74, 6) is -0.105. The average molecular weight is 269 g/mol. The van der Waals surface area contributed by atoms with Crippen molar-refractivity contribution in [2.24, 2.45) is 0 Å². The zero-order valence-electron chi connectivity index (χ0n) is 12.1. The summed E-state index contributed by atoms with van der Waals surface area (Å²) >= 11 is 0. The lowest BCUT2D eigenvalue weighted by Crippen LogP contribution is -2.23. The van der Waals surface area contributed by atoms with Crippen LogP contribution in [0.1, 0.15) is 16.7 Å². The van der Waals surface area contributed by atoms with Crippen molar-refractivity contribution in [2.45, 2.75) is 20.3 Å². The Hall–Kier alpha value is -0.970. The van der Waals surface area contributed by atoms with Crippen LogP contribution in [0, 0.1) is 19.7 Å². The van der Waals surface area contributed by atoms with Crippen LogP contribution < -0.4 is 5.32 Å². The SMILES string of the molecule is COCCNCCOCCc1cc(C)c(F)c(C)c1. The van der Waals surface area contributed by atoms with Gasteiger partial charge in [-0.15, -0.1) is 0 Å². The third-order valence-electron chi connectivity index (χ3n) is 2.94. The fourth-order valence-corrected chi connectivity index (χ4v) is 1.92. The molecular formula is C15H24FNO2. The van der Waals surface area contributed by atoms with E-state index in [4.69, 9.17) is 9.47 Å². The summed E-state index contributed by atoms with van der Waals surface area (Å²) in [6.07, 6.45) is 0.819.